The molecule has 8 nitrogen and oxygen atoms in total. The quantitative estimate of drug-likeness (QED) is 0.394. The monoisotopic (exact) mass is 629 g/mol. The van der Waals surface area contributed by atoms with Gasteiger partial charge in [-0.15, -0.1) is 0 Å². The molecule has 3 aliphatic heterocycles. The van der Waals surface area contributed by atoms with E-state index >= 15 is 0 Å². The Labute approximate surface area is 273 Å². The van der Waals surface area contributed by atoms with E-state index in [1.165, 1.54) is 12.1 Å². The van der Waals surface area contributed by atoms with Gasteiger partial charge in [0, 0.05) is 70.4 Å². The van der Waals surface area contributed by atoms with Gasteiger partial charge in [-0.1, -0.05) is 12.1 Å². The van der Waals surface area contributed by atoms with E-state index in [1.807, 2.05) is 50.9 Å². The molecule has 3 heterocycles. The Morgan fingerprint density at radius 3 is 2.35 bits per heavy atom. The van der Waals surface area contributed by atoms with Gasteiger partial charge in [-0.2, -0.15) is 5.26 Å². The fraction of sp³-hybridized carbons (Fsp3) is 0.595. The molecule has 2 amide bonds. The first-order valence-electron chi connectivity index (χ1n) is 17.0. The molecule has 3 atom stereocenters. The second-order valence-corrected chi connectivity index (χ2v) is 15.0. The molecule has 2 aromatic rings. The number of fused-ring (bicyclic) bond motifs is 2. The number of amides is 2. The van der Waals surface area contributed by atoms with Gasteiger partial charge in [-0.25, -0.2) is 9.18 Å². The van der Waals surface area contributed by atoms with E-state index in [-0.39, 0.29) is 23.7 Å². The van der Waals surface area contributed by atoms with Gasteiger partial charge in [0.15, 0.2) is 0 Å². The number of hydrogen-bond acceptors (Lipinski definition) is 6. The van der Waals surface area contributed by atoms with E-state index in [4.69, 9.17) is 4.74 Å². The molecule has 0 radical (unpaired) electrons. The van der Waals surface area contributed by atoms with Crippen molar-refractivity contribution in [3.05, 3.63) is 70.0 Å². The Morgan fingerprint density at radius 2 is 1.70 bits per heavy atom. The summed E-state index contributed by atoms with van der Waals surface area (Å²) in [4.78, 5) is 35.1. The molecule has 246 valence electrons. The molecular formula is C37H48FN5O3. The molecule has 2 aromatic carbocycles. The summed E-state index contributed by atoms with van der Waals surface area (Å²) >= 11 is 0. The number of likely N-dealkylation sites (tertiary alicyclic amines) is 3. The maximum Gasteiger partial charge on any atom is 0.410 e. The third kappa shape index (κ3) is 7.24. The van der Waals surface area contributed by atoms with Crippen molar-refractivity contribution in [1.82, 2.24) is 19.6 Å². The second kappa shape index (κ2) is 13.3. The van der Waals surface area contributed by atoms with Gasteiger partial charge < -0.3 is 19.4 Å². The summed E-state index contributed by atoms with van der Waals surface area (Å²) in [5.41, 5.74) is 3.99. The highest BCUT2D eigenvalue weighted by molar-refractivity contribution is 5.96. The minimum Gasteiger partial charge on any atom is -0.444 e. The van der Waals surface area contributed by atoms with Gasteiger partial charge in [-0.05, 0) is 112 Å². The van der Waals surface area contributed by atoms with Crippen molar-refractivity contribution in [3.8, 4) is 6.07 Å². The molecular weight excluding hydrogens is 581 g/mol. The SMILES string of the molecule is CN(C[C@@H](CCN1CC(N2CC3CN(C(=O)OC(C)(C)C)CC3C2)C1)c1ccc(F)cc1)C(=O)c1cc(C#N)cc2c1CCCC2. The molecule has 2 unspecified atom stereocenters. The van der Waals surface area contributed by atoms with Crippen LogP contribution in [0, 0.1) is 29.0 Å². The minimum atomic E-state index is -0.472. The molecule has 0 aromatic heterocycles. The van der Waals surface area contributed by atoms with Gasteiger partial charge in [0.1, 0.15) is 11.4 Å². The molecule has 0 saturated carbocycles. The van der Waals surface area contributed by atoms with Crippen LogP contribution in [0.5, 0.6) is 0 Å². The van der Waals surface area contributed by atoms with Gasteiger partial charge in [0.25, 0.3) is 5.91 Å². The highest BCUT2D eigenvalue weighted by Gasteiger charge is 2.46. The lowest BCUT2D eigenvalue weighted by molar-refractivity contribution is 0.0221. The molecule has 9 heteroatoms. The lowest BCUT2D eigenvalue weighted by Gasteiger charge is -2.45. The Morgan fingerprint density at radius 1 is 1.02 bits per heavy atom. The number of benzene rings is 2. The van der Waals surface area contributed by atoms with Gasteiger partial charge in [0.2, 0.25) is 0 Å². The predicted octanol–water partition coefficient (Wildman–Crippen LogP) is 5.30. The van der Waals surface area contributed by atoms with Crippen LogP contribution in [-0.4, -0.2) is 103 Å². The van der Waals surface area contributed by atoms with E-state index in [9.17, 15) is 19.2 Å². The summed E-state index contributed by atoms with van der Waals surface area (Å²) in [5, 5.41) is 9.61. The molecule has 1 aliphatic carbocycles. The molecule has 0 N–H and O–H groups in total. The summed E-state index contributed by atoms with van der Waals surface area (Å²) in [6, 6.07) is 13.2. The van der Waals surface area contributed by atoms with Crippen molar-refractivity contribution in [2.24, 2.45) is 11.8 Å². The van der Waals surface area contributed by atoms with Crippen molar-refractivity contribution < 1.29 is 18.7 Å². The zero-order chi connectivity index (χ0) is 32.6. The highest BCUT2D eigenvalue weighted by atomic mass is 19.1. The molecule has 46 heavy (non-hydrogen) atoms. The number of rotatable bonds is 8. The van der Waals surface area contributed by atoms with Crippen LogP contribution in [0.25, 0.3) is 0 Å². The summed E-state index contributed by atoms with van der Waals surface area (Å²) in [6.07, 6.45) is 4.59. The molecule has 3 saturated heterocycles. The highest BCUT2D eigenvalue weighted by Crippen LogP contribution is 2.35. The van der Waals surface area contributed by atoms with Crippen molar-refractivity contribution >= 4 is 12.0 Å². The number of nitriles is 1. The topological polar surface area (TPSA) is 80.1 Å². The standard InChI is InChI=1S/C37H48FN5O3/c1-37(2,3)46-36(45)43-21-29-19-42(20-30(29)22-43)32-23-41(24-32)14-13-28(26-9-11-31(38)12-10-26)18-40(4)35(44)34-16-25(17-39)15-27-7-5-6-8-33(27)34/h9-12,15-16,28-30,32H,5-8,13-14,18-24H2,1-4H3/t28-,29?,30?/m1/s1. The Balaban J connectivity index is 1.03. The summed E-state index contributed by atoms with van der Waals surface area (Å²) in [5.74, 6) is 0.778. The summed E-state index contributed by atoms with van der Waals surface area (Å²) in [6.45, 7) is 12.8. The van der Waals surface area contributed by atoms with Gasteiger partial charge in [0.05, 0.1) is 11.6 Å². The largest absolute Gasteiger partial charge is 0.444 e. The van der Waals surface area contributed by atoms with Crippen LogP contribution in [-0.2, 0) is 17.6 Å². The molecule has 6 rings (SSSR count). The smallest absolute Gasteiger partial charge is 0.410 e. The molecule has 3 fully saturated rings. The third-order valence-electron chi connectivity index (χ3n) is 10.4. The third-order valence-corrected chi connectivity index (χ3v) is 10.4. The lowest BCUT2D eigenvalue weighted by Crippen LogP contribution is -2.59. The van der Waals surface area contributed by atoms with E-state index < -0.39 is 5.60 Å². The zero-order valence-electron chi connectivity index (χ0n) is 27.8. The van der Waals surface area contributed by atoms with Crippen LogP contribution < -0.4 is 0 Å². The fourth-order valence-corrected chi connectivity index (χ4v) is 7.94. The number of hydrogen-bond donors (Lipinski definition) is 0. The van der Waals surface area contributed by atoms with Crippen LogP contribution in [0.1, 0.15) is 78.6 Å². The first kappa shape index (κ1) is 32.5. The number of aryl methyl sites for hydroxylation is 1. The first-order valence-corrected chi connectivity index (χ1v) is 17.0. The predicted molar refractivity (Wildman–Crippen MR) is 175 cm³/mol. The Hall–Kier alpha value is -3.48. The fourth-order valence-electron chi connectivity index (χ4n) is 7.94. The van der Waals surface area contributed by atoms with E-state index in [0.717, 1.165) is 94.6 Å². The zero-order valence-corrected chi connectivity index (χ0v) is 27.8. The van der Waals surface area contributed by atoms with Crippen molar-refractivity contribution in [2.75, 3.05) is 59.4 Å². The van der Waals surface area contributed by atoms with Crippen LogP contribution in [0.3, 0.4) is 0 Å². The average Bonchev–Trinajstić information content (AvgIpc) is 3.58. The summed E-state index contributed by atoms with van der Waals surface area (Å²) in [7, 11) is 1.85. The number of carbonyl (C=O) groups excluding carboxylic acids is 2. The Bertz CT molecular complexity index is 1460. The lowest BCUT2D eigenvalue weighted by atomic mass is 9.86. The van der Waals surface area contributed by atoms with Gasteiger partial charge >= 0.3 is 6.09 Å². The molecule has 0 bridgehead atoms. The van der Waals surface area contributed by atoms with E-state index in [0.29, 0.717) is 35.5 Å². The van der Waals surface area contributed by atoms with Crippen molar-refractivity contribution in [2.45, 2.75) is 70.4 Å². The second-order valence-electron chi connectivity index (χ2n) is 15.0. The van der Waals surface area contributed by atoms with Crippen LogP contribution in [0.15, 0.2) is 36.4 Å². The number of likely N-dealkylation sites (N-methyl/N-ethyl adjacent to an activating group) is 1. The van der Waals surface area contributed by atoms with Crippen LogP contribution >= 0.6 is 0 Å². The van der Waals surface area contributed by atoms with E-state index in [2.05, 4.69) is 15.9 Å². The number of ether oxygens (including phenoxy) is 1. The van der Waals surface area contributed by atoms with Crippen LogP contribution in [0.4, 0.5) is 9.18 Å². The van der Waals surface area contributed by atoms with Crippen molar-refractivity contribution in [3.63, 3.8) is 0 Å². The first-order chi connectivity index (χ1) is 22.0. The van der Waals surface area contributed by atoms with Crippen LogP contribution in [0.2, 0.25) is 0 Å². The Kier molecular flexibility index (Phi) is 9.40. The van der Waals surface area contributed by atoms with Crippen molar-refractivity contribution in [1.29, 1.82) is 5.26 Å². The van der Waals surface area contributed by atoms with Gasteiger partial charge in [-0.3, -0.25) is 9.69 Å². The number of halogens is 1. The maximum absolute atomic E-state index is 13.8. The maximum atomic E-state index is 13.8. The number of nitrogens with zero attached hydrogens (tertiary/aromatic N) is 5. The summed E-state index contributed by atoms with van der Waals surface area (Å²) < 4.78 is 19.4. The molecule has 0 spiro atoms. The average molecular weight is 630 g/mol. The normalized spacial score (nSPS) is 22.5. The molecule has 4 aliphatic rings. The number of carbonyl (C=O) groups is 2. The minimum absolute atomic E-state index is 0.0452. The van der Waals surface area contributed by atoms with E-state index in [1.54, 1.807) is 11.0 Å².